The Morgan fingerprint density at radius 2 is 1.48 bits per heavy atom. The Balaban J connectivity index is 0.00000132. The average Bonchev–Trinajstić information content (AvgIpc) is 3.35. The number of benzene rings is 1. The van der Waals surface area contributed by atoms with Crippen molar-refractivity contribution < 1.29 is 18.3 Å². The molecule has 0 fully saturated rings. The van der Waals surface area contributed by atoms with Crippen molar-refractivity contribution in [3.8, 4) is 11.3 Å². The maximum atomic E-state index is 14.1. The molecule has 0 aliphatic carbocycles. The predicted molar refractivity (Wildman–Crippen MR) is 165 cm³/mol. The van der Waals surface area contributed by atoms with Crippen molar-refractivity contribution in [2.24, 2.45) is 5.92 Å². The number of unbranched alkanes of at least 4 members (excludes halogenated alkanes) is 1. The third-order valence-corrected chi connectivity index (χ3v) is 5.42. The average molecular weight is 583 g/mol. The summed E-state index contributed by atoms with van der Waals surface area (Å²) in [5, 5.41) is 3.80. The van der Waals surface area contributed by atoms with Crippen molar-refractivity contribution >= 4 is 29.0 Å². The Hall–Kier alpha value is -2.74. The molecule has 3 rings (SSSR count). The highest BCUT2D eigenvalue weighted by atomic mass is 35.5. The molecule has 0 aliphatic rings. The van der Waals surface area contributed by atoms with Crippen molar-refractivity contribution in [2.45, 2.75) is 101 Å². The van der Waals surface area contributed by atoms with Crippen LogP contribution >= 0.6 is 11.6 Å². The number of anilines is 1. The summed E-state index contributed by atoms with van der Waals surface area (Å²) in [5.74, 6) is -0.821. The van der Waals surface area contributed by atoms with Crippen molar-refractivity contribution in [1.29, 1.82) is 0 Å². The fourth-order valence-corrected chi connectivity index (χ4v) is 3.31. The highest BCUT2D eigenvalue weighted by Crippen LogP contribution is 2.30. The van der Waals surface area contributed by atoms with Gasteiger partial charge in [-0.2, -0.15) is 9.61 Å². The van der Waals surface area contributed by atoms with Gasteiger partial charge >= 0.3 is 5.97 Å². The molecule has 0 saturated heterocycles. The summed E-state index contributed by atoms with van der Waals surface area (Å²) in [7, 11) is 0. The number of carbonyl (C=O) groups excluding carboxylic acids is 1. The molecule has 0 aliphatic heterocycles. The zero-order chi connectivity index (χ0) is 31.0. The van der Waals surface area contributed by atoms with Gasteiger partial charge in [0.25, 0.3) is 0 Å². The third-order valence-electron chi connectivity index (χ3n) is 5.05. The van der Waals surface area contributed by atoms with Crippen molar-refractivity contribution in [1.82, 2.24) is 14.6 Å². The van der Waals surface area contributed by atoms with E-state index in [1.807, 2.05) is 34.6 Å². The summed E-state index contributed by atoms with van der Waals surface area (Å²) in [6.07, 6.45) is 3.51. The van der Waals surface area contributed by atoms with Crippen LogP contribution in [0.5, 0.6) is 0 Å². The van der Waals surface area contributed by atoms with E-state index in [0.717, 1.165) is 24.5 Å². The smallest absolute Gasteiger partial charge is 0.358 e. The lowest BCUT2D eigenvalue weighted by Crippen LogP contribution is -2.33. The number of esters is 1. The van der Waals surface area contributed by atoms with Gasteiger partial charge < -0.3 is 9.64 Å². The molecule has 1 aromatic carbocycles. The maximum Gasteiger partial charge on any atom is 0.358 e. The molecular weight excluding hydrogens is 534 g/mol. The molecule has 3 aromatic rings. The molecule has 0 N–H and O–H groups in total. The lowest BCUT2D eigenvalue weighted by molar-refractivity contribution is 0.0519. The summed E-state index contributed by atoms with van der Waals surface area (Å²) in [4.78, 5) is 18.7. The summed E-state index contributed by atoms with van der Waals surface area (Å²) in [6, 6.07) is 5.58. The number of aromatic nitrogens is 3. The molecule has 2 heterocycles. The van der Waals surface area contributed by atoms with E-state index in [0.29, 0.717) is 23.7 Å². The molecule has 0 amide bonds. The second-order valence-electron chi connectivity index (χ2n) is 9.79. The van der Waals surface area contributed by atoms with Crippen LogP contribution in [0.15, 0.2) is 24.3 Å². The fraction of sp³-hybridized carbons (Fsp3) is 0.581. The van der Waals surface area contributed by atoms with Crippen LogP contribution in [-0.2, 0) is 4.74 Å². The third kappa shape index (κ3) is 11.4. The molecule has 0 saturated carbocycles. The second-order valence-corrected chi connectivity index (χ2v) is 10.2. The van der Waals surface area contributed by atoms with Gasteiger partial charge in [0, 0.05) is 30.3 Å². The molecule has 9 heteroatoms. The minimum absolute atomic E-state index is 0.108. The summed E-state index contributed by atoms with van der Waals surface area (Å²) in [5.41, 5.74) is 1.04. The highest BCUT2D eigenvalue weighted by molar-refractivity contribution is 6.31. The molecule has 0 bridgehead atoms. The molecule has 0 spiro atoms. The van der Waals surface area contributed by atoms with Gasteiger partial charge in [-0.1, -0.05) is 79.8 Å². The van der Waals surface area contributed by atoms with Crippen molar-refractivity contribution in [2.75, 3.05) is 18.1 Å². The Labute approximate surface area is 245 Å². The number of ether oxygens (including phenoxy) is 1. The zero-order valence-corrected chi connectivity index (χ0v) is 27.0. The van der Waals surface area contributed by atoms with Gasteiger partial charge in [-0.3, -0.25) is 0 Å². The second kappa shape index (κ2) is 19.4. The molecule has 0 radical (unpaired) electrons. The standard InChI is InChI=1S/C21H23ClF2N4O2.2C4H10.C2H6/c1-5-7-27(12(3)4)19-11-16(13-8-14(23)20(22)15(24)9-13)25-18-10-17(26-28(18)19)21(29)30-6-2;1-4(2)3;1-3-4-2;1-2/h8-12H,5-7H2,1-4H3;4H,1-3H3;3-4H2,1-2H3;1-2H3. The Morgan fingerprint density at radius 1 is 0.950 bits per heavy atom. The number of nitrogens with zero attached hydrogens (tertiary/aromatic N) is 4. The van der Waals surface area contributed by atoms with Crippen molar-refractivity contribution in [3.63, 3.8) is 0 Å². The van der Waals surface area contributed by atoms with Crippen LogP contribution in [0, 0.1) is 17.6 Å². The van der Waals surface area contributed by atoms with Crippen LogP contribution in [0.4, 0.5) is 14.6 Å². The van der Waals surface area contributed by atoms with Gasteiger partial charge in [0.15, 0.2) is 11.3 Å². The van der Waals surface area contributed by atoms with Crippen LogP contribution in [0.3, 0.4) is 0 Å². The molecule has 226 valence electrons. The molecular formula is C31H49ClF2N4O2. The van der Waals surface area contributed by atoms with Gasteiger partial charge in [-0.25, -0.2) is 18.6 Å². The first kappa shape index (κ1) is 37.3. The SMILES string of the molecule is CC.CC(C)C.CCCC.CCCN(c1cc(-c2cc(F)c(Cl)c(F)c2)nc2cc(C(=O)OCC)nn12)C(C)C. The first-order valence-corrected chi connectivity index (χ1v) is 14.8. The first-order valence-electron chi connectivity index (χ1n) is 14.4. The van der Waals surface area contributed by atoms with Gasteiger partial charge in [-0.05, 0) is 45.2 Å². The van der Waals surface area contributed by atoms with E-state index in [4.69, 9.17) is 16.3 Å². The number of hydrogen-bond donors (Lipinski definition) is 0. The quantitative estimate of drug-likeness (QED) is 0.195. The van der Waals surface area contributed by atoms with Gasteiger partial charge in [0.05, 0.1) is 12.3 Å². The topological polar surface area (TPSA) is 59.7 Å². The van der Waals surface area contributed by atoms with E-state index in [1.54, 1.807) is 17.5 Å². The summed E-state index contributed by atoms with van der Waals surface area (Å²) >= 11 is 5.62. The normalized spacial score (nSPS) is 10.3. The number of rotatable bonds is 8. The Kier molecular flexibility index (Phi) is 18.0. The lowest BCUT2D eigenvalue weighted by Gasteiger charge is -2.29. The Morgan fingerprint density at radius 3 is 1.90 bits per heavy atom. The van der Waals surface area contributed by atoms with Crippen LogP contribution < -0.4 is 4.90 Å². The largest absolute Gasteiger partial charge is 0.461 e. The van der Waals surface area contributed by atoms with E-state index in [-0.39, 0.29) is 23.9 Å². The molecule has 40 heavy (non-hydrogen) atoms. The first-order chi connectivity index (χ1) is 18.9. The van der Waals surface area contributed by atoms with E-state index in [9.17, 15) is 13.6 Å². The Bertz CT molecular complexity index is 1140. The molecule has 2 aromatic heterocycles. The molecule has 6 nitrogen and oxygen atoms in total. The molecule has 0 unspecified atom stereocenters. The van der Waals surface area contributed by atoms with Gasteiger partial charge in [0.2, 0.25) is 0 Å². The molecule has 0 atom stereocenters. The predicted octanol–water partition coefficient (Wildman–Crippen LogP) is 9.62. The highest BCUT2D eigenvalue weighted by Gasteiger charge is 2.21. The maximum absolute atomic E-state index is 14.1. The van der Waals surface area contributed by atoms with Crippen LogP contribution in [0.25, 0.3) is 16.9 Å². The minimum Gasteiger partial charge on any atom is -0.461 e. The number of hydrogen-bond acceptors (Lipinski definition) is 5. The van der Waals surface area contributed by atoms with Crippen molar-refractivity contribution in [3.05, 3.63) is 46.6 Å². The fourth-order valence-electron chi connectivity index (χ4n) is 3.20. The van der Waals surface area contributed by atoms with Crippen LogP contribution in [0.1, 0.15) is 106 Å². The van der Waals surface area contributed by atoms with E-state index in [1.165, 1.54) is 18.9 Å². The monoisotopic (exact) mass is 582 g/mol. The van der Waals surface area contributed by atoms with Crippen LogP contribution in [0.2, 0.25) is 5.02 Å². The summed E-state index contributed by atoms with van der Waals surface area (Å²) < 4.78 is 34.7. The van der Waals surface area contributed by atoms with E-state index >= 15 is 0 Å². The minimum atomic E-state index is -0.870. The van der Waals surface area contributed by atoms with Gasteiger partial charge in [-0.15, -0.1) is 0 Å². The number of halogens is 3. The van der Waals surface area contributed by atoms with Gasteiger partial charge in [0.1, 0.15) is 22.5 Å². The zero-order valence-electron chi connectivity index (χ0n) is 26.2. The summed E-state index contributed by atoms with van der Waals surface area (Å²) in [6.45, 7) is 23.6. The van der Waals surface area contributed by atoms with E-state index in [2.05, 4.69) is 49.6 Å². The number of carbonyl (C=O) groups is 1. The van der Waals surface area contributed by atoms with E-state index < -0.39 is 22.6 Å². The van der Waals surface area contributed by atoms with Crippen LogP contribution in [-0.4, -0.2) is 39.8 Å². The lowest BCUT2D eigenvalue weighted by atomic mass is 10.1. The number of fused-ring (bicyclic) bond motifs is 1.